The van der Waals surface area contributed by atoms with E-state index in [9.17, 15) is 18.4 Å². The van der Waals surface area contributed by atoms with Crippen LogP contribution < -0.4 is 21.3 Å². The molecule has 2 aliphatic rings. The van der Waals surface area contributed by atoms with Crippen LogP contribution in [-0.2, 0) is 4.79 Å². The second kappa shape index (κ2) is 8.81. The molecule has 1 aliphatic carbocycles. The first-order valence-corrected chi connectivity index (χ1v) is 10.6. The van der Waals surface area contributed by atoms with Gasteiger partial charge in [0.15, 0.2) is 5.82 Å². The summed E-state index contributed by atoms with van der Waals surface area (Å²) < 4.78 is 34.8. The first-order chi connectivity index (χ1) is 15.2. The number of piperidine rings is 1. The van der Waals surface area contributed by atoms with Gasteiger partial charge in [-0.3, -0.25) is 14.5 Å². The summed E-state index contributed by atoms with van der Waals surface area (Å²) >= 11 is 0. The zero-order valence-corrected chi connectivity index (χ0v) is 17.7. The van der Waals surface area contributed by atoms with Gasteiger partial charge in [0.1, 0.15) is 0 Å². The summed E-state index contributed by atoms with van der Waals surface area (Å²) in [7, 11) is 0. The van der Waals surface area contributed by atoms with Gasteiger partial charge in [0.25, 0.3) is 11.5 Å². The van der Waals surface area contributed by atoms with Gasteiger partial charge in [0, 0.05) is 31.8 Å². The number of amides is 1. The third-order valence-electron chi connectivity index (χ3n) is 6.00. The quantitative estimate of drug-likeness (QED) is 0.591. The summed E-state index contributed by atoms with van der Waals surface area (Å²) in [6, 6.07) is 3.82. The van der Waals surface area contributed by atoms with E-state index in [0.29, 0.717) is 18.4 Å². The van der Waals surface area contributed by atoms with Gasteiger partial charge in [-0.05, 0) is 43.4 Å². The Morgan fingerprint density at radius 1 is 1.41 bits per heavy atom. The number of nitrogens with one attached hydrogen (secondary N) is 2. The molecule has 32 heavy (non-hydrogen) atoms. The van der Waals surface area contributed by atoms with E-state index in [0.717, 1.165) is 0 Å². The maximum atomic E-state index is 14.6. The number of halogens is 2. The normalized spacial score (nSPS) is 21.7. The summed E-state index contributed by atoms with van der Waals surface area (Å²) in [5.74, 6) is -3.33. The van der Waals surface area contributed by atoms with Crippen LogP contribution in [0.2, 0.25) is 0 Å². The molecule has 1 amide bonds. The molecule has 9 nitrogen and oxygen atoms in total. The minimum atomic E-state index is -2.99. The van der Waals surface area contributed by atoms with Crippen LogP contribution in [0.5, 0.6) is 5.88 Å². The summed E-state index contributed by atoms with van der Waals surface area (Å²) in [6.07, 6.45) is 3.17. The van der Waals surface area contributed by atoms with Crippen LogP contribution in [0, 0.1) is 5.92 Å². The van der Waals surface area contributed by atoms with Crippen molar-refractivity contribution in [2.75, 3.05) is 30.7 Å². The van der Waals surface area contributed by atoms with Crippen molar-refractivity contribution in [2.45, 2.75) is 44.1 Å². The van der Waals surface area contributed by atoms with Crippen molar-refractivity contribution in [1.82, 2.24) is 20.1 Å². The van der Waals surface area contributed by atoms with Crippen LogP contribution in [0.1, 0.15) is 37.7 Å². The Bertz CT molecular complexity index is 1020. The fourth-order valence-electron chi connectivity index (χ4n) is 3.70. The van der Waals surface area contributed by atoms with Crippen LogP contribution in [0.4, 0.5) is 20.3 Å². The number of nitrogens with zero attached hydrogens (tertiary/aromatic N) is 3. The lowest BCUT2D eigenvalue weighted by Crippen LogP contribution is -2.52. The van der Waals surface area contributed by atoms with Crippen LogP contribution in [0.15, 0.2) is 29.2 Å². The van der Waals surface area contributed by atoms with Crippen LogP contribution in [0.25, 0.3) is 0 Å². The molecule has 1 saturated carbocycles. The van der Waals surface area contributed by atoms with Gasteiger partial charge >= 0.3 is 0 Å². The average Bonchev–Trinajstić information content (AvgIpc) is 3.59. The van der Waals surface area contributed by atoms with E-state index in [1.54, 1.807) is 24.0 Å². The lowest BCUT2D eigenvalue weighted by atomic mass is 9.87. The predicted molar refractivity (Wildman–Crippen MR) is 114 cm³/mol. The maximum Gasteiger partial charge on any atom is 0.271 e. The lowest BCUT2D eigenvalue weighted by Gasteiger charge is -2.40. The third kappa shape index (κ3) is 5.04. The topological polar surface area (TPSA) is 126 Å². The Balaban J connectivity index is 1.39. The van der Waals surface area contributed by atoms with Crippen molar-refractivity contribution < 1.29 is 18.3 Å². The molecular formula is C21H26F2N6O3. The molecule has 3 heterocycles. The van der Waals surface area contributed by atoms with E-state index in [4.69, 9.17) is 10.5 Å². The number of nitrogen functional groups attached to an aromatic ring is 1. The molecule has 0 aromatic carbocycles. The first kappa shape index (κ1) is 22.1. The number of aromatic nitrogens is 3. The van der Waals surface area contributed by atoms with Gasteiger partial charge in [-0.2, -0.15) is 0 Å². The molecule has 1 aliphatic heterocycles. The highest BCUT2D eigenvalue weighted by Gasteiger charge is 2.46. The van der Waals surface area contributed by atoms with Crippen LogP contribution in [0.3, 0.4) is 0 Å². The molecule has 172 valence electrons. The minimum absolute atomic E-state index is 0.0521. The summed E-state index contributed by atoms with van der Waals surface area (Å²) in [5, 5.41) is 10.6. The van der Waals surface area contributed by atoms with E-state index in [1.165, 1.54) is 25.1 Å². The number of anilines is 2. The van der Waals surface area contributed by atoms with Crippen molar-refractivity contribution in [3.8, 4) is 5.88 Å². The zero-order chi connectivity index (χ0) is 22.9. The van der Waals surface area contributed by atoms with Gasteiger partial charge in [-0.25, -0.2) is 8.78 Å². The molecule has 4 rings (SSSR count). The smallest absolute Gasteiger partial charge is 0.271 e. The monoisotopic (exact) mass is 448 g/mol. The highest BCUT2D eigenvalue weighted by atomic mass is 19.3. The summed E-state index contributed by atoms with van der Waals surface area (Å²) in [5.41, 5.74) is 5.19. The zero-order valence-electron chi connectivity index (χ0n) is 17.7. The van der Waals surface area contributed by atoms with Crippen molar-refractivity contribution in [2.24, 2.45) is 5.92 Å². The fraction of sp³-hybridized carbons (Fsp3) is 0.524. The van der Waals surface area contributed by atoms with Gasteiger partial charge < -0.3 is 20.8 Å². The van der Waals surface area contributed by atoms with Crippen molar-refractivity contribution in [3.63, 3.8) is 0 Å². The molecule has 4 N–H and O–H groups in total. The van der Waals surface area contributed by atoms with Gasteiger partial charge in [0.2, 0.25) is 11.8 Å². The number of carbonyl (C=O) groups is 1. The molecule has 1 saturated heterocycles. The predicted octanol–water partition coefficient (Wildman–Crippen LogP) is 1.99. The first-order valence-electron chi connectivity index (χ1n) is 10.6. The van der Waals surface area contributed by atoms with Crippen molar-refractivity contribution >= 4 is 17.4 Å². The highest BCUT2D eigenvalue weighted by molar-refractivity contribution is 5.93. The third-order valence-corrected chi connectivity index (χ3v) is 6.00. The van der Waals surface area contributed by atoms with E-state index < -0.39 is 29.9 Å². The molecule has 2 unspecified atom stereocenters. The number of aromatic amines is 1. The number of carbonyl (C=O) groups excluding carboxylic acids is 1. The second-order valence-corrected chi connectivity index (χ2v) is 8.45. The van der Waals surface area contributed by atoms with Crippen LogP contribution >= 0.6 is 0 Å². The fourth-order valence-corrected chi connectivity index (χ4v) is 3.70. The summed E-state index contributed by atoms with van der Waals surface area (Å²) in [4.78, 5) is 28.3. The standard InChI is InChI=1S/C21H26F2N6O3/c1-12(19(30)26-17-4-5-18(28-27-17)32-11-13-2-3-13)29-7-6-21(22,23)15(10-29)14-8-16(24)20(31)25-9-14/h4-5,8-9,12-13,15H,2-3,6-7,10-11,24H2,1H3,(H,25,31)(H,26,27,30). The molecule has 2 aromatic rings. The molecule has 0 radical (unpaired) electrons. The molecule has 2 atom stereocenters. The Morgan fingerprint density at radius 2 is 2.19 bits per heavy atom. The molecule has 0 bridgehead atoms. The minimum Gasteiger partial charge on any atom is -0.476 e. The maximum absolute atomic E-state index is 14.6. The highest BCUT2D eigenvalue weighted by Crippen LogP contribution is 2.40. The van der Waals surface area contributed by atoms with Crippen molar-refractivity contribution in [1.29, 1.82) is 0 Å². The van der Waals surface area contributed by atoms with Gasteiger partial charge in [-0.15, -0.1) is 10.2 Å². The van der Waals surface area contributed by atoms with Gasteiger partial charge in [0.05, 0.1) is 24.3 Å². The van der Waals surface area contributed by atoms with E-state index in [-0.39, 0.29) is 36.1 Å². The number of nitrogens with two attached hydrogens (primary N) is 1. The Hall–Kier alpha value is -3.08. The van der Waals surface area contributed by atoms with E-state index >= 15 is 0 Å². The second-order valence-electron chi connectivity index (χ2n) is 8.45. The number of H-pyrrole nitrogens is 1. The SMILES string of the molecule is CC(C(=O)Nc1ccc(OCC2CC2)nn1)N1CCC(F)(F)C(c2c[nH]c(=O)c(N)c2)C1. The number of hydrogen-bond acceptors (Lipinski definition) is 7. The number of pyridine rings is 1. The van der Waals surface area contributed by atoms with Gasteiger partial charge in [-0.1, -0.05) is 0 Å². The molecule has 2 aromatic heterocycles. The number of rotatable bonds is 7. The number of ether oxygens (including phenoxy) is 1. The Morgan fingerprint density at radius 3 is 2.84 bits per heavy atom. The summed E-state index contributed by atoms with van der Waals surface area (Å²) in [6.45, 7) is 2.25. The van der Waals surface area contributed by atoms with E-state index in [2.05, 4.69) is 20.5 Å². The van der Waals surface area contributed by atoms with Crippen LogP contribution in [-0.4, -0.2) is 57.6 Å². The Kier molecular flexibility index (Phi) is 6.09. The molecular weight excluding hydrogens is 422 g/mol. The Labute approximate surface area is 183 Å². The lowest BCUT2D eigenvalue weighted by molar-refractivity contribution is -0.125. The molecule has 2 fully saturated rings. The number of likely N-dealkylation sites (tertiary alicyclic amines) is 1. The average molecular weight is 448 g/mol. The number of hydrogen-bond donors (Lipinski definition) is 3. The number of alkyl halides is 2. The molecule has 11 heteroatoms. The van der Waals surface area contributed by atoms with E-state index in [1.807, 2.05) is 0 Å². The van der Waals surface area contributed by atoms with Crippen molar-refractivity contribution in [3.05, 3.63) is 40.3 Å². The largest absolute Gasteiger partial charge is 0.476 e. The molecule has 0 spiro atoms.